The fourth-order valence-corrected chi connectivity index (χ4v) is 2.30. The van der Waals surface area contributed by atoms with Crippen LogP contribution in [-0.4, -0.2) is 51.1 Å². The van der Waals surface area contributed by atoms with Gasteiger partial charge >= 0.3 is 0 Å². The summed E-state index contributed by atoms with van der Waals surface area (Å²) in [4.78, 5) is 18.6. The second-order valence-corrected chi connectivity index (χ2v) is 5.93. The summed E-state index contributed by atoms with van der Waals surface area (Å²) < 4.78 is 5.09. The Kier molecular flexibility index (Phi) is 7.49. The van der Waals surface area contributed by atoms with Crippen LogP contribution in [0.25, 0.3) is 0 Å². The van der Waals surface area contributed by atoms with Crippen LogP contribution in [0.1, 0.15) is 15.9 Å². The lowest BCUT2D eigenvalue weighted by Gasteiger charge is -2.18. The lowest BCUT2D eigenvalue weighted by molar-refractivity contribution is 0.0954. The van der Waals surface area contributed by atoms with Crippen molar-refractivity contribution in [1.29, 1.82) is 0 Å². The molecule has 0 bridgehead atoms. The molecule has 0 aliphatic heterocycles. The van der Waals surface area contributed by atoms with Crippen LogP contribution in [0.5, 0.6) is 5.75 Å². The molecule has 0 atom stereocenters. The molecule has 0 aliphatic carbocycles. The zero-order valence-corrected chi connectivity index (χ0v) is 15.5. The molecule has 138 valence electrons. The Morgan fingerprint density at radius 3 is 2.27 bits per heavy atom. The molecule has 2 rings (SSSR count). The summed E-state index contributed by atoms with van der Waals surface area (Å²) in [6.45, 7) is 1.70. The molecule has 0 spiro atoms. The van der Waals surface area contributed by atoms with E-state index in [4.69, 9.17) is 4.74 Å². The first-order valence-corrected chi connectivity index (χ1v) is 8.52. The third-order valence-electron chi connectivity index (χ3n) is 3.72. The van der Waals surface area contributed by atoms with E-state index in [1.54, 1.807) is 31.4 Å². The van der Waals surface area contributed by atoms with Crippen molar-refractivity contribution in [3.05, 3.63) is 65.7 Å². The molecule has 6 nitrogen and oxygen atoms in total. The van der Waals surface area contributed by atoms with E-state index < -0.39 is 0 Å². The van der Waals surface area contributed by atoms with Crippen LogP contribution in [0.4, 0.5) is 0 Å². The number of rotatable bonds is 7. The van der Waals surface area contributed by atoms with Gasteiger partial charge in [-0.3, -0.25) is 4.79 Å². The van der Waals surface area contributed by atoms with Gasteiger partial charge in [0.05, 0.1) is 13.7 Å². The highest BCUT2D eigenvalue weighted by molar-refractivity contribution is 5.94. The largest absolute Gasteiger partial charge is 0.497 e. The molecule has 0 aliphatic rings. The number of carbonyl (C=O) groups is 1. The Morgan fingerprint density at radius 1 is 1.00 bits per heavy atom. The van der Waals surface area contributed by atoms with Crippen molar-refractivity contribution in [3.63, 3.8) is 0 Å². The zero-order valence-electron chi connectivity index (χ0n) is 15.5. The van der Waals surface area contributed by atoms with E-state index in [-0.39, 0.29) is 5.91 Å². The Hall–Kier alpha value is -3.02. The van der Waals surface area contributed by atoms with E-state index in [1.807, 2.05) is 49.3 Å². The number of ether oxygens (including phenoxy) is 1. The Balaban J connectivity index is 1.79. The van der Waals surface area contributed by atoms with Gasteiger partial charge in [-0.1, -0.05) is 30.3 Å². The number of guanidine groups is 1. The highest BCUT2D eigenvalue weighted by Gasteiger charge is 2.06. The quantitative estimate of drug-likeness (QED) is 0.454. The molecule has 0 heterocycles. The number of nitrogens with zero attached hydrogens (tertiary/aromatic N) is 2. The Bertz CT molecular complexity index is 712. The molecule has 6 heteroatoms. The number of hydrogen-bond donors (Lipinski definition) is 2. The van der Waals surface area contributed by atoms with Crippen LogP contribution in [0.3, 0.4) is 0 Å². The smallest absolute Gasteiger partial charge is 0.251 e. The van der Waals surface area contributed by atoms with Gasteiger partial charge in [-0.25, -0.2) is 4.99 Å². The number of benzene rings is 2. The van der Waals surface area contributed by atoms with Crippen molar-refractivity contribution in [2.45, 2.75) is 6.54 Å². The van der Waals surface area contributed by atoms with E-state index in [2.05, 4.69) is 15.6 Å². The highest BCUT2D eigenvalue weighted by Crippen LogP contribution is 2.10. The van der Waals surface area contributed by atoms with Crippen LogP contribution in [0.15, 0.2) is 59.6 Å². The fraction of sp³-hybridized carbons (Fsp3) is 0.300. The van der Waals surface area contributed by atoms with Crippen molar-refractivity contribution in [2.75, 3.05) is 34.3 Å². The molecule has 0 saturated carbocycles. The van der Waals surface area contributed by atoms with Crippen molar-refractivity contribution < 1.29 is 9.53 Å². The van der Waals surface area contributed by atoms with E-state index in [0.717, 1.165) is 17.3 Å². The monoisotopic (exact) mass is 354 g/mol. The van der Waals surface area contributed by atoms with Gasteiger partial charge < -0.3 is 20.3 Å². The normalized spacial score (nSPS) is 11.0. The minimum Gasteiger partial charge on any atom is -0.497 e. The minimum atomic E-state index is -0.109. The van der Waals surface area contributed by atoms with Crippen LogP contribution >= 0.6 is 0 Å². The molecule has 0 unspecified atom stereocenters. The molecule has 26 heavy (non-hydrogen) atoms. The topological polar surface area (TPSA) is 66.0 Å². The van der Waals surface area contributed by atoms with Gasteiger partial charge in [-0.15, -0.1) is 0 Å². The molecular formula is C20H26N4O2. The van der Waals surface area contributed by atoms with Gasteiger partial charge in [-0.05, 0) is 29.8 Å². The van der Waals surface area contributed by atoms with Crippen molar-refractivity contribution in [1.82, 2.24) is 15.5 Å². The molecule has 0 fully saturated rings. The molecule has 0 aromatic heterocycles. The molecule has 0 radical (unpaired) electrons. The average Bonchev–Trinajstić information content (AvgIpc) is 2.67. The molecule has 0 saturated heterocycles. The number of hydrogen-bond acceptors (Lipinski definition) is 3. The fourth-order valence-electron chi connectivity index (χ4n) is 2.30. The summed E-state index contributed by atoms with van der Waals surface area (Å²) in [7, 11) is 5.47. The maximum absolute atomic E-state index is 12.1. The first-order valence-electron chi connectivity index (χ1n) is 8.52. The first-order chi connectivity index (χ1) is 12.6. The summed E-state index contributed by atoms with van der Waals surface area (Å²) >= 11 is 0. The summed E-state index contributed by atoms with van der Waals surface area (Å²) in [5.41, 5.74) is 1.76. The van der Waals surface area contributed by atoms with Crippen LogP contribution in [-0.2, 0) is 6.54 Å². The lowest BCUT2D eigenvalue weighted by atomic mass is 10.2. The van der Waals surface area contributed by atoms with Crippen LogP contribution in [0.2, 0.25) is 0 Å². The minimum absolute atomic E-state index is 0.109. The third-order valence-corrected chi connectivity index (χ3v) is 3.72. The molecule has 2 N–H and O–H groups in total. The zero-order chi connectivity index (χ0) is 18.8. The summed E-state index contributed by atoms with van der Waals surface area (Å²) in [6, 6.07) is 17.1. The highest BCUT2D eigenvalue weighted by atomic mass is 16.5. The number of aliphatic imine (C=N–C) groups is 1. The Labute approximate surface area is 154 Å². The maximum atomic E-state index is 12.1. The summed E-state index contributed by atoms with van der Waals surface area (Å²) in [6.07, 6.45) is 0. The third kappa shape index (κ3) is 6.12. The standard InChI is InChI=1S/C20H26N4O2/c1-24(2)20(23-15-16-7-5-4-6-8-16)22-14-13-21-19(25)17-9-11-18(26-3)12-10-17/h4-12H,13-15H2,1-3H3,(H,21,25)(H,22,23). The maximum Gasteiger partial charge on any atom is 0.251 e. The van der Waals surface area contributed by atoms with Crippen molar-refractivity contribution >= 4 is 11.9 Å². The second kappa shape index (κ2) is 10.1. The van der Waals surface area contributed by atoms with E-state index in [1.165, 1.54) is 0 Å². The van der Waals surface area contributed by atoms with Gasteiger partial charge in [0, 0.05) is 32.7 Å². The predicted molar refractivity (Wildman–Crippen MR) is 105 cm³/mol. The van der Waals surface area contributed by atoms with Crippen molar-refractivity contribution in [3.8, 4) is 5.75 Å². The van der Waals surface area contributed by atoms with Gasteiger partial charge in [-0.2, -0.15) is 0 Å². The van der Waals surface area contributed by atoms with Gasteiger partial charge in [0.1, 0.15) is 5.75 Å². The number of methoxy groups -OCH3 is 1. The molecule has 2 aromatic carbocycles. The van der Waals surface area contributed by atoms with Crippen LogP contribution < -0.4 is 15.4 Å². The molecule has 1 amide bonds. The number of nitrogens with one attached hydrogen (secondary N) is 2. The van der Waals surface area contributed by atoms with Gasteiger partial charge in [0.15, 0.2) is 5.96 Å². The van der Waals surface area contributed by atoms with E-state index in [9.17, 15) is 4.79 Å². The van der Waals surface area contributed by atoms with E-state index in [0.29, 0.717) is 25.2 Å². The second-order valence-electron chi connectivity index (χ2n) is 5.93. The SMILES string of the molecule is COc1ccc(C(=O)NCCNC(=NCc2ccccc2)N(C)C)cc1. The molecule has 2 aromatic rings. The summed E-state index contributed by atoms with van der Waals surface area (Å²) in [5.74, 6) is 1.41. The number of amides is 1. The van der Waals surface area contributed by atoms with E-state index >= 15 is 0 Å². The van der Waals surface area contributed by atoms with Crippen molar-refractivity contribution in [2.24, 2.45) is 4.99 Å². The average molecular weight is 354 g/mol. The van der Waals surface area contributed by atoms with Crippen LogP contribution in [0, 0.1) is 0 Å². The first kappa shape index (κ1) is 19.3. The molecular weight excluding hydrogens is 328 g/mol. The van der Waals surface area contributed by atoms with Gasteiger partial charge in [0.25, 0.3) is 5.91 Å². The number of carbonyl (C=O) groups excluding carboxylic acids is 1. The van der Waals surface area contributed by atoms with Gasteiger partial charge in [0.2, 0.25) is 0 Å². The lowest BCUT2D eigenvalue weighted by Crippen LogP contribution is -2.41. The Morgan fingerprint density at radius 2 is 1.65 bits per heavy atom. The summed E-state index contributed by atoms with van der Waals surface area (Å²) in [5, 5.41) is 6.14. The predicted octanol–water partition coefficient (Wildman–Crippen LogP) is 2.13.